The van der Waals surface area contributed by atoms with Gasteiger partial charge in [0, 0.05) is 5.71 Å². The maximum Gasteiger partial charge on any atom is 0.418 e. The Morgan fingerprint density at radius 3 is 2.46 bits per heavy atom. The summed E-state index contributed by atoms with van der Waals surface area (Å²) in [5.41, 5.74) is 1.58. The molecule has 2 rings (SSSR count). The lowest BCUT2D eigenvalue weighted by atomic mass is 10.1. The molecule has 2 aromatic rings. The van der Waals surface area contributed by atoms with Crippen LogP contribution >= 0.6 is 0 Å². The van der Waals surface area contributed by atoms with Crippen LogP contribution in [0.5, 0.6) is 5.75 Å². The summed E-state index contributed by atoms with van der Waals surface area (Å²) in [4.78, 5) is 24.1. The first-order valence-electron chi connectivity index (χ1n) is 8.17. The minimum atomic E-state index is -4.60. The van der Waals surface area contributed by atoms with E-state index in [2.05, 4.69) is 15.8 Å². The van der Waals surface area contributed by atoms with Gasteiger partial charge in [0.1, 0.15) is 5.75 Å². The molecular formula is C19H18F3N3O3. The third-order valence-electron chi connectivity index (χ3n) is 3.75. The van der Waals surface area contributed by atoms with E-state index in [1.54, 1.807) is 19.1 Å². The monoisotopic (exact) mass is 393 g/mol. The van der Waals surface area contributed by atoms with E-state index in [0.717, 1.165) is 12.1 Å². The van der Waals surface area contributed by atoms with Crippen molar-refractivity contribution in [1.82, 2.24) is 5.43 Å². The SMILES string of the molecule is CC(CC(=O)Nc1ccccc1C(F)(F)F)=NNC(=O)c1cccc(C)c1O. The van der Waals surface area contributed by atoms with E-state index in [9.17, 15) is 27.9 Å². The Labute approximate surface area is 159 Å². The van der Waals surface area contributed by atoms with Crippen molar-refractivity contribution < 1.29 is 27.9 Å². The van der Waals surface area contributed by atoms with Crippen molar-refractivity contribution in [2.45, 2.75) is 26.4 Å². The molecule has 0 unspecified atom stereocenters. The summed E-state index contributed by atoms with van der Waals surface area (Å²) in [6.07, 6.45) is -4.93. The molecule has 0 saturated heterocycles. The van der Waals surface area contributed by atoms with Crippen molar-refractivity contribution in [1.29, 1.82) is 0 Å². The van der Waals surface area contributed by atoms with Crippen molar-refractivity contribution in [2.24, 2.45) is 5.10 Å². The number of carbonyl (C=O) groups excluding carboxylic acids is 2. The van der Waals surface area contributed by atoms with Gasteiger partial charge < -0.3 is 10.4 Å². The van der Waals surface area contributed by atoms with Gasteiger partial charge in [-0.15, -0.1) is 0 Å². The summed E-state index contributed by atoms with van der Waals surface area (Å²) >= 11 is 0. The van der Waals surface area contributed by atoms with E-state index in [0.29, 0.717) is 5.56 Å². The molecule has 0 atom stereocenters. The third-order valence-corrected chi connectivity index (χ3v) is 3.75. The number of hydrogen-bond donors (Lipinski definition) is 3. The standard InChI is InChI=1S/C19H18F3N3O3/c1-11-6-5-7-13(17(11)27)18(28)25-24-12(2)10-16(26)23-15-9-4-3-8-14(15)19(20,21)22/h3-9,27H,10H2,1-2H3,(H,23,26)(H,25,28). The highest BCUT2D eigenvalue weighted by molar-refractivity contribution is 6.06. The summed E-state index contributed by atoms with van der Waals surface area (Å²) in [6.45, 7) is 3.06. The number of rotatable bonds is 5. The van der Waals surface area contributed by atoms with Crippen LogP contribution in [0, 0.1) is 6.92 Å². The van der Waals surface area contributed by atoms with Crippen molar-refractivity contribution >= 4 is 23.2 Å². The number of nitrogens with one attached hydrogen (secondary N) is 2. The molecule has 6 nitrogen and oxygen atoms in total. The molecule has 148 valence electrons. The Morgan fingerprint density at radius 2 is 1.79 bits per heavy atom. The molecule has 0 bridgehead atoms. The summed E-state index contributed by atoms with van der Waals surface area (Å²) in [7, 11) is 0. The normalized spacial score (nSPS) is 11.8. The highest BCUT2D eigenvalue weighted by Crippen LogP contribution is 2.34. The number of aromatic hydroxyl groups is 1. The number of phenols is 1. The fourth-order valence-electron chi connectivity index (χ4n) is 2.35. The Kier molecular flexibility index (Phi) is 6.40. The summed E-state index contributed by atoms with van der Waals surface area (Å²) in [5, 5.41) is 15.8. The predicted octanol–water partition coefficient (Wildman–Crippen LogP) is 3.85. The van der Waals surface area contributed by atoms with Gasteiger partial charge >= 0.3 is 6.18 Å². The van der Waals surface area contributed by atoms with E-state index in [1.807, 2.05) is 0 Å². The second-order valence-corrected chi connectivity index (χ2v) is 6.03. The van der Waals surface area contributed by atoms with E-state index in [-0.39, 0.29) is 29.1 Å². The second kappa shape index (κ2) is 8.55. The summed E-state index contributed by atoms with van der Waals surface area (Å²) in [5.74, 6) is -1.58. The molecule has 3 N–H and O–H groups in total. The van der Waals surface area contributed by atoms with Gasteiger partial charge in [-0.25, -0.2) is 5.43 Å². The van der Waals surface area contributed by atoms with Crippen LogP contribution in [0.4, 0.5) is 18.9 Å². The van der Waals surface area contributed by atoms with Crippen LogP contribution in [0.2, 0.25) is 0 Å². The van der Waals surface area contributed by atoms with Crippen LogP contribution < -0.4 is 10.7 Å². The largest absolute Gasteiger partial charge is 0.507 e. The number of hydrogen-bond acceptors (Lipinski definition) is 4. The number of alkyl halides is 3. The number of anilines is 1. The van der Waals surface area contributed by atoms with Gasteiger partial charge in [-0.2, -0.15) is 18.3 Å². The molecule has 0 fully saturated rings. The number of para-hydroxylation sites is 2. The maximum absolute atomic E-state index is 13.0. The van der Waals surface area contributed by atoms with Gasteiger partial charge in [0.25, 0.3) is 5.91 Å². The van der Waals surface area contributed by atoms with E-state index in [1.165, 1.54) is 25.1 Å². The molecular weight excluding hydrogens is 375 g/mol. The smallest absolute Gasteiger partial charge is 0.418 e. The van der Waals surface area contributed by atoms with E-state index >= 15 is 0 Å². The minimum Gasteiger partial charge on any atom is -0.507 e. The van der Waals surface area contributed by atoms with Crippen LogP contribution in [0.3, 0.4) is 0 Å². The molecule has 2 amide bonds. The number of nitrogens with zero attached hydrogens (tertiary/aromatic N) is 1. The van der Waals surface area contributed by atoms with Crippen molar-refractivity contribution in [3.05, 3.63) is 59.2 Å². The molecule has 0 aliphatic heterocycles. The molecule has 0 saturated carbocycles. The predicted molar refractivity (Wildman–Crippen MR) is 98.1 cm³/mol. The Morgan fingerprint density at radius 1 is 1.11 bits per heavy atom. The molecule has 0 aromatic heterocycles. The Hall–Kier alpha value is -3.36. The zero-order chi connectivity index (χ0) is 20.9. The summed E-state index contributed by atoms with van der Waals surface area (Å²) in [6, 6.07) is 9.24. The molecule has 0 radical (unpaired) electrons. The van der Waals surface area contributed by atoms with Crippen molar-refractivity contribution in [3.8, 4) is 5.75 Å². The lowest BCUT2D eigenvalue weighted by Gasteiger charge is -2.13. The first-order chi connectivity index (χ1) is 13.1. The maximum atomic E-state index is 13.0. The summed E-state index contributed by atoms with van der Waals surface area (Å²) < 4.78 is 38.9. The molecule has 28 heavy (non-hydrogen) atoms. The fourth-order valence-corrected chi connectivity index (χ4v) is 2.35. The van der Waals surface area contributed by atoms with Gasteiger partial charge in [-0.1, -0.05) is 24.3 Å². The lowest BCUT2D eigenvalue weighted by molar-refractivity contribution is -0.137. The number of aryl methyl sites for hydroxylation is 1. The van der Waals surface area contributed by atoms with Crippen LogP contribution in [0.15, 0.2) is 47.6 Å². The van der Waals surface area contributed by atoms with Gasteiger partial charge in [0.05, 0.1) is 23.2 Å². The Bertz CT molecular complexity index is 924. The fraction of sp³-hybridized carbons (Fsp3) is 0.211. The average Bonchev–Trinajstić information content (AvgIpc) is 2.61. The number of phenolic OH excluding ortho intramolecular Hbond substituents is 1. The molecule has 0 spiro atoms. The first-order valence-corrected chi connectivity index (χ1v) is 8.17. The zero-order valence-corrected chi connectivity index (χ0v) is 15.1. The van der Waals surface area contributed by atoms with Gasteiger partial charge in [-0.05, 0) is 37.6 Å². The third kappa shape index (κ3) is 5.32. The molecule has 2 aromatic carbocycles. The van der Waals surface area contributed by atoms with Crippen LogP contribution in [0.1, 0.15) is 34.8 Å². The highest BCUT2D eigenvalue weighted by Gasteiger charge is 2.33. The number of carbonyl (C=O) groups is 2. The van der Waals surface area contributed by atoms with Gasteiger partial charge in [-0.3, -0.25) is 9.59 Å². The van der Waals surface area contributed by atoms with Crippen LogP contribution in [0.25, 0.3) is 0 Å². The topological polar surface area (TPSA) is 90.8 Å². The number of hydrazone groups is 1. The van der Waals surface area contributed by atoms with E-state index in [4.69, 9.17) is 0 Å². The average molecular weight is 393 g/mol. The second-order valence-electron chi connectivity index (χ2n) is 6.03. The number of halogens is 3. The molecule has 9 heteroatoms. The highest BCUT2D eigenvalue weighted by atomic mass is 19.4. The van der Waals surface area contributed by atoms with Crippen molar-refractivity contribution in [3.63, 3.8) is 0 Å². The van der Waals surface area contributed by atoms with Crippen LogP contribution in [-0.4, -0.2) is 22.6 Å². The number of amides is 2. The van der Waals surface area contributed by atoms with Crippen molar-refractivity contribution in [2.75, 3.05) is 5.32 Å². The first kappa shape index (κ1) is 20.9. The quantitative estimate of drug-likeness (QED) is 0.532. The molecule has 0 aliphatic rings. The van der Waals surface area contributed by atoms with Crippen LogP contribution in [-0.2, 0) is 11.0 Å². The van der Waals surface area contributed by atoms with Gasteiger partial charge in [0.15, 0.2) is 0 Å². The lowest BCUT2D eigenvalue weighted by Crippen LogP contribution is -2.22. The minimum absolute atomic E-state index is 0.0140. The van der Waals surface area contributed by atoms with E-state index < -0.39 is 23.6 Å². The number of benzene rings is 2. The molecule has 0 aliphatic carbocycles. The Balaban J connectivity index is 2.01. The molecule has 0 heterocycles. The zero-order valence-electron chi connectivity index (χ0n) is 15.1. The van der Waals surface area contributed by atoms with Gasteiger partial charge in [0.2, 0.25) is 5.91 Å².